The number of fused-ring (bicyclic) bond motifs is 1. The second-order valence-electron chi connectivity index (χ2n) is 5.66. The summed E-state index contributed by atoms with van der Waals surface area (Å²) in [5, 5.41) is 6.80. The first kappa shape index (κ1) is 16.2. The molecule has 0 bridgehead atoms. The second kappa shape index (κ2) is 6.52. The van der Waals surface area contributed by atoms with Gasteiger partial charge in [-0.3, -0.25) is 15.3 Å². The predicted molar refractivity (Wildman–Crippen MR) is 96.4 cm³/mol. The van der Waals surface area contributed by atoms with E-state index in [1.54, 1.807) is 36.7 Å². The minimum atomic E-state index is -0.334. The van der Waals surface area contributed by atoms with Gasteiger partial charge in [0.15, 0.2) is 5.82 Å². The lowest BCUT2D eigenvalue weighted by atomic mass is 10.1. The van der Waals surface area contributed by atoms with Crippen molar-refractivity contribution in [2.24, 2.45) is 0 Å². The van der Waals surface area contributed by atoms with Crippen LogP contribution in [-0.4, -0.2) is 30.7 Å². The molecule has 130 valence electrons. The third-order valence-corrected chi connectivity index (χ3v) is 4.19. The van der Waals surface area contributed by atoms with Gasteiger partial charge in [0.05, 0.1) is 17.4 Å². The van der Waals surface area contributed by atoms with E-state index in [1.807, 2.05) is 0 Å². The molecule has 0 aliphatic heterocycles. The van der Waals surface area contributed by atoms with Gasteiger partial charge in [0, 0.05) is 12.0 Å². The molecule has 0 fully saturated rings. The molecule has 2 heterocycles. The molecular formula is C17H13FN6OS. The van der Waals surface area contributed by atoms with Gasteiger partial charge in [0.2, 0.25) is 4.77 Å². The monoisotopic (exact) mass is 368 g/mol. The number of imidazole rings is 1. The van der Waals surface area contributed by atoms with Crippen molar-refractivity contribution in [1.82, 2.24) is 24.8 Å². The van der Waals surface area contributed by atoms with Crippen molar-refractivity contribution in [1.29, 1.82) is 0 Å². The maximum atomic E-state index is 13.0. The quantitative estimate of drug-likeness (QED) is 0.483. The number of hydrogen-bond donors (Lipinski definition) is 3. The zero-order chi connectivity index (χ0) is 18.1. The van der Waals surface area contributed by atoms with Gasteiger partial charge in [-0.25, -0.2) is 14.1 Å². The summed E-state index contributed by atoms with van der Waals surface area (Å²) in [5.41, 5.74) is 5.57. The van der Waals surface area contributed by atoms with Crippen LogP contribution in [0.2, 0.25) is 0 Å². The van der Waals surface area contributed by atoms with Gasteiger partial charge in [0.25, 0.3) is 5.91 Å². The van der Waals surface area contributed by atoms with E-state index in [2.05, 4.69) is 25.6 Å². The van der Waals surface area contributed by atoms with Crippen LogP contribution in [0.5, 0.6) is 0 Å². The van der Waals surface area contributed by atoms with Crippen molar-refractivity contribution in [3.63, 3.8) is 0 Å². The molecule has 4 aromatic rings. The average molecular weight is 368 g/mol. The molecule has 0 unspecified atom stereocenters. The Morgan fingerprint density at radius 1 is 1.23 bits per heavy atom. The fourth-order valence-corrected chi connectivity index (χ4v) is 2.79. The number of rotatable bonds is 4. The van der Waals surface area contributed by atoms with Gasteiger partial charge in [0.1, 0.15) is 5.82 Å². The lowest BCUT2D eigenvalue weighted by Crippen LogP contribution is -2.25. The summed E-state index contributed by atoms with van der Waals surface area (Å²) in [6, 6.07) is 11.2. The van der Waals surface area contributed by atoms with Crippen LogP contribution >= 0.6 is 12.2 Å². The Hall–Kier alpha value is -3.33. The maximum absolute atomic E-state index is 13.0. The number of benzene rings is 2. The van der Waals surface area contributed by atoms with E-state index in [-0.39, 0.29) is 16.5 Å². The Labute approximate surface area is 151 Å². The molecule has 4 rings (SSSR count). The molecule has 7 nitrogen and oxygen atoms in total. The van der Waals surface area contributed by atoms with Gasteiger partial charge in [-0.15, -0.1) is 0 Å². The molecule has 26 heavy (non-hydrogen) atoms. The smallest absolute Gasteiger partial charge is 0.270 e. The summed E-state index contributed by atoms with van der Waals surface area (Å²) in [6.07, 6.45) is 1.95. The number of nitrogens with one attached hydrogen (secondary N) is 3. The van der Waals surface area contributed by atoms with Crippen LogP contribution in [0.3, 0.4) is 0 Å². The molecule has 1 amide bonds. The van der Waals surface area contributed by atoms with Crippen LogP contribution in [0.15, 0.2) is 48.8 Å². The number of nitrogens with zero attached hydrogens (tertiary/aromatic N) is 3. The van der Waals surface area contributed by atoms with Crippen molar-refractivity contribution < 1.29 is 9.18 Å². The fourth-order valence-electron chi connectivity index (χ4n) is 2.59. The van der Waals surface area contributed by atoms with E-state index < -0.39 is 0 Å². The number of aromatic amines is 2. The lowest BCUT2D eigenvalue weighted by Gasteiger charge is -2.09. The van der Waals surface area contributed by atoms with Gasteiger partial charge in [-0.2, -0.15) is 5.10 Å². The summed E-state index contributed by atoms with van der Waals surface area (Å²) < 4.78 is 14.7. The molecule has 0 spiro atoms. The number of carbonyl (C=O) groups excluding carboxylic acids is 1. The van der Waals surface area contributed by atoms with E-state index in [9.17, 15) is 9.18 Å². The summed E-state index contributed by atoms with van der Waals surface area (Å²) in [5.74, 6) is -0.132. The number of H-pyrrole nitrogens is 2. The number of aromatic nitrogens is 5. The molecule has 2 aromatic heterocycles. The Kier molecular flexibility index (Phi) is 4.05. The van der Waals surface area contributed by atoms with Crippen molar-refractivity contribution >= 4 is 29.2 Å². The number of hydrogen-bond acceptors (Lipinski definition) is 4. The maximum Gasteiger partial charge on any atom is 0.270 e. The van der Waals surface area contributed by atoms with Gasteiger partial charge >= 0.3 is 0 Å². The fraction of sp³-hybridized carbons (Fsp3) is 0.0588. The third-order valence-electron chi connectivity index (χ3n) is 3.91. The zero-order valence-electron chi connectivity index (χ0n) is 13.4. The molecule has 2 aromatic carbocycles. The normalized spacial score (nSPS) is 11.0. The topological polar surface area (TPSA) is 91.4 Å². The summed E-state index contributed by atoms with van der Waals surface area (Å²) >= 11 is 5.20. The van der Waals surface area contributed by atoms with Gasteiger partial charge in [-0.05, 0) is 48.1 Å². The van der Waals surface area contributed by atoms with Crippen LogP contribution in [0.25, 0.3) is 11.0 Å². The van der Waals surface area contributed by atoms with Crippen molar-refractivity contribution in [3.05, 3.63) is 76.3 Å². The molecule has 0 saturated heterocycles. The SMILES string of the molecule is O=C(Nn1c(Cc2ccc(F)cc2)n[nH]c1=S)c1ccc2nc[nH]c2c1. The molecule has 0 saturated carbocycles. The van der Waals surface area contributed by atoms with Crippen LogP contribution < -0.4 is 5.43 Å². The van der Waals surface area contributed by atoms with Crippen molar-refractivity contribution in [2.75, 3.05) is 5.43 Å². The standard InChI is InChI=1S/C17H13FN6OS/c18-12-4-1-10(2-5-12)7-15-21-22-17(26)24(15)23-16(25)11-3-6-13-14(8-11)20-9-19-13/h1-6,8-9H,7H2,(H,19,20)(H,22,26)(H,23,25). The molecule has 0 aliphatic rings. The Morgan fingerprint density at radius 3 is 2.85 bits per heavy atom. The lowest BCUT2D eigenvalue weighted by molar-refractivity contribution is 0.101. The van der Waals surface area contributed by atoms with Crippen molar-refractivity contribution in [2.45, 2.75) is 6.42 Å². The molecular weight excluding hydrogens is 355 g/mol. The van der Waals surface area contributed by atoms with Crippen molar-refractivity contribution in [3.8, 4) is 0 Å². The summed E-state index contributed by atoms with van der Waals surface area (Å²) in [6.45, 7) is 0. The van der Waals surface area contributed by atoms with E-state index >= 15 is 0 Å². The Bertz CT molecular complexity index is 1140. The van der Waals surface area contributed by atoms with Gasteiger partial charge in [-0.1, -0.05) is 12.1 Å². The highest BCUT2D eigenvalue weighted by atomic mass is 32.1. The van der Waals surface area contributed by atoms with Gasteiger partial charge < -0.3 is 4.98 Å². The average Bonchev–Trinajstić information content (AvgIpc) is 3.24. The predicted octanol–water partition coefficient (Wildman–Crippen LogP) is 2.93. The number of halogens is 1. The zero-order valence-corrected chi connectivity index (χ0v) is 14.2. The van der Waals surface area contributed by atoms with E-state index in [1.165, 1.54) is 16.8 Å². The minimum Gasteiger partial charge on any atom is -0.345 e. The minimum absolute atomic E-state index is 0.262. The van der Waals surface area contributed by atoms with E-state index in [4.69, 9.17) is 12.2 Å². The highest BCUT2D eigenvalue weighted by Gasteiger charge is 2.13. The molecule has 0 radical (unpaired) electrons. The van der Waals surface area contributed by atoms with Crippen LogP contribution in [0, 0.1) is 10.6 Å². The third kappa shape index (κ3) is 3.11. The first-order valence-electron chi connectivity index (χ1n) is 7.75. The highest BCUT2D eigenvalue weighted by Crippen LogP contribution is 2.13. The highest BCUT2D eigenvalue weighted by molar-refractivity contribution is 7.71. The number of amides is 1. The Morgan fingerprint density at radius 2 is 2.04 bits per heavy atom. The molecule has 9 heteroatoms. The van der Waals surface area contributed by atoms with Crippen LogP contribution in [-0.2, 0) is 6.42 Å². The summed E-state index contributed by atoms with van der Waals surface area (Å²) in [4.78, 5) is 19.7. The van der Waals surface area contributed by atoms with E-state index in [0.29, 0.717) is 17.8 Å². The first-order chi connectivity index (χ1) is 12.6. The van der Waals surface area contributed by atoms with Crippen LogP contribution in [0.4, 0.5) is 4.39 Å². The first-order valence-corrected chi connectivity index (χ1v) is 8.16. The molecule has 3 N–H and O–H groups in total. The largest absolute Gasteiger partial charge is 0.345 e. The molecule has 0 atom stereocenters. The Balaban J connectivity index is 1.59. The van der Waals surface area contributed by atoms with E-state index in [0.717, 1.165) is 16.6 Å². The second-order valence-corrected chi connectivity index (χ2v) is 6.05. The van der Waals surface area contributed by atoms with Crippen LogP contribution in [0.1, 0.15) is 21.7 Å². The molecule has 0 aliphatic carbocycles. The number of carbonyl (C=O) groups is 1. The summed E-state index contributed by atoms with van der Waals surface area (Å²) in [7, 11) is 0.